The number of aliphatic hydroxyl groups excluding tert-OH is 7. The van der Waals surface area contributed by atoms with Crippen LogP contribution in [-0.2, 0) is 14.3 Å². The third-order valence-electron chi connectivity index (χ3n) is 11.7. The van der Waals surface area contributed by atoms with Gasteiger partial charge >= 0.3 is 0 Å². The number of ether oxygens (including phenoxy) is 2. The Morgan fingerprint density at radius 2 is 1.00 bits per heavy atom. The average Bonchev–Trinajstić information content (AvgIpc) is 3.23. The van der Waals surface area contributed by atoms with Gasteiger partial charge in [0.05, 0.1) is 25.4 Å². The van der Waals surface area contributed by atoms with Crippen molar-refractivity contribution in [3.8, 4) is 0 Å². The lowest BCUT2D eigenvalue weighted by Crippen LogP contribution is -2.60. The molecule has 348 valence electrons. The Morgan fingerprint density at radius 3 is 1.46 bits per heavy atom. The number of nitrogens with one attached hydrogen (secondary N) is 1. The van der Waals surface area contributed by atoms with Crippen molar-refractivity contribution in [1.29, 1.82) is 0 Å². The Labute approximate surface area is 359 Å². The average molecular weight is 842 g/mol. The molecule has 9 atom stereocenters. The largest absolute Gasteiger partial charge is 0.394 e. The lowest BCUT2D eigenvalue weighted by atomic mass is 9.98. The zero-order chi connectivity index (χ0) is 43.4. The normalized spacial score (nSPS) is 21.9. The van der Waals surface area contributed by atoms with Crippen molar-refractivity contribution < 1.29 is 50.0 Å². The van der Waals surface area contributed by atoms with E-state index in [-0.39, 0.29) is 12.8 Å². The highest BCUT2D eigenvalue weighted by Gasteiger charge is 2.44. The molecule has 0 aromatic rings. The van der Waals surface area contributed by atoms with Crippen molar-refractivity contribution in [2.24, 2.45) is 0 Å². The summed E-state index contributed by atoms with van der Waals surface area (Å²) >= 11 is 0. The molecule has 11 heteroatoms. The maximum Gasteiger partial charge on any atom is 0.249 e. The summed E-state index contributed by atoms with van der Waals surface area (Å²) in [5, 5.41) is 75.6. The second-order valence-electron chi connectivity index (χ2n) is 17.2. The number of hydrogen-bond donors (Lipinski definition) is 8. The van der Waals surface area contributed by atoms with Gasteiger partial charge in [-0.1, -0.05) is 167 Å². The number of hydrogen-bond acceptors (Lipinski definition) is 10. The fourth-order valence-electron chi connectivity index (χ4n) is 7.67. The molecule has 0 radical (unpaired) electrons. The van der Waals surface area contributed by atoms with Crippen LogP contribution in [0.15, 0.2) is 24.3 Å². The van der Waals surface area contributed by atoms with Gasteiger partial charge in [-0.2, -0.15) is 0 Å². The van der Waals surface area contributed by atoms with Crippen LogP contribution in [0.5, 0.6) is 0 Å². The van der Waals surface area contributed by atoms with Gasteiger partial charge in [-0.15, -0.1) is 0 Å². The molecular formula is C48H91NO10. The van der Waals surface area contributed by atoms with Gasteiger partial charge in [-0.3, -0.25) is 4.79 Å². The summed E-state index contributed by atoms with van der Waals surface area (Å²) in [5.41, 5.74) is 0. The molecule has 1 rings (SSSR count). The first kappa shape index (κ1) is 55.6. The summed E-state index contributed by atoms with van der Waals surface area (Å²) in [6.45, 7) is 3.41. The van der Waals surface area contributed by atoms with Crippen LogP contribution >= 0.6 is 0 Å². The summed E-state index contributed by atoms with van der Waals surface area (Å²) in [6.07, 6.45) is 30.9. The predicted molar refractivity (Wildman–Crippen MR) is 238 cm³/mol. The van der Waals surface area contributed by atoms with Crippen molar-refractivity contribution in [2.75, 3.05) is 13.2 Å². The maximum absolute atomic E-state index is 13.1. The van der Waals surface area contributed by atoms with Crippen molar-refractivity contribution in [1.82, 2.24) is 5.32 Å². The van der Waals surface area contributed by atoms with Crippen LogP contribution in [0.1, 0.15) is 206 Å². The Hall–Kier alpha value is -1.41. The van der Waals surface area contributed by atoms with Gasteiger partial charge in [0, 0.05) is 0 Å². The zero-order valence-corrected chi connectivity index (χ0v) is 37.5. The van der Waals surface area contributed by atoms with Gasteiger partial charge < -0.3 is 50.5 Å². The molecule has 0 aromatic heterocycles. The number of allylic oxidation sites excluding steroid dienone is 4. The number of amides is 1. The molecule has 0 aliphatic carbocycles. The standard InChI is InChI=1S/C48H91NO10/c1-3-5-7-9-11-13-15-17-18-19-20-21-22-23-24-26-28-30-32-34-36-41(52)47(57)49-39(38-58-48-46(56)45(55)44(54)42(37-50)59-48)43(53)40(51)35-33-31-29-27-25-16-14-12-10-8-6-4-2/h17-18,27,29,39-46,48,50-56H,3-16,19-26,28,30-38H2,1-2H3,(H,49,57)/b18-17-,29-27+/t39-,40+,41+,42+,43-,44+,45-,46+,48+/m0/s1. The molecule has 1 aliphatic rings. The van der Waals surface area contributed by atoms with E-state index in [1.807, 2.05) is 0 Å². The highest BCUT2D eigenvalue weighted by molar-refractivity contribution is 5.80. The molecule has 0 unspecified atom stereocenters. The smallest absolute Gasteiger partial charge is 0.249 e. The molecule has 1 fully saturated rings. The third-order valence-corrected chi connectivity index (χ3v) is 11.7. The zero-order valence-electron chi connectivity index (χ0n) is 37.5. The monoisotopic (exact) mass is 842 g/mol. The molecule has 0 aromatic carbocycles. The van der Waals surface area contributed by atoms with E-state index in [2.05, 4.69) is 43.5 Å². The summed E-state index contributed by atoms with van der Waals surface area (Å²) in [7, 11) is 0. The Kier molecular flexibility index (Phi) is 36.1. The van der Waals surface area contributed by atoms with E-state index in [1.54, 1.807) is 0 Å². The fourth-order valence-corrected chi connectivity index (χ4v) is 7.67. The first-order valence-electron chi connectivity index (χ1n) is 24.2. The van der Waals surface area contributed by atoms with Gasteiger partial charge in [0.25, 0.3) is 0 Å². The Balaban J connectivity index is 2.41. The molecule has 8 N–H and O–H groups in total. The Bertz CT molecular complexity index is 1010. The second kappa shape index (κ2) is 38.3. The lowest BCUT2D eigenvalue weighted by molar-refractivity contribution is -0.303. The van der Waals surface area contributed by atoms with Crippen molar-refractivity contribution in [3.05, 3.63) is 24.3 Å². The number of aliphatic hydroxyl groups is 7. The minimum Gasteiger partial charge on any atom is -0.394 e. The van der Waals surface area contributed by atoms with Gasteiger partial charge in [0.2, 0.25) is 5.91 Å². The summed E-state index contributed by atoms with van der Waals surface area (Å²) in [5.74, 6) is -0.708. The highest BCUT2D eigenvalue weighted by Crippen LogP contribution is 2.23. The van der Waals surface area contributed by atoms with Crippen molar-refractivity contribution >= 4 is 5.91 Å². The number of rotatable bonds is 40. The van der Waals surface area contributed by atoms with Crippen LogP contribution in [0.25, 0.3) is 0 Å². The van der Waals surface area contributed by atoms with Gasteiger partial charge in [0.15, 0.2) is 6.29 Å². The van der Waals surface area contributed by atoms with Crippen LogP contribution in [0.3, 0.4) is 0 Å². The summed E-state index contributed by atoms with van der Waals surface area (Å²) in [4.78, 5) is 13.1. The quantitative estimate of drug-likeness (QED) is 0.0221. The van der Waals surface area contributed by atoms with Gasteiger partial charge in [-0.25, -0.2) is 0 Å². The van der Waals surface area contributed by atoms with Crippen LogP contribution in [0, 0.1) is 0 Å². The second-order valence-corrected chi connectivity index (χ2v) is 17.2. The van der Waals surface area contributed by atoms with Crippen molar-refractivity contribution in [2.45, 2.75) is 262 Å². The summed E-state index contributed by atoms with van der Waals surface area (Å²) < 4.78 is 11.1. The van der Waals surface area contributed by atoms with E-state index in [0.29, 0.717) is 12.8 Å². The molecule has 1 aliphatic heterocycles. The van der Waals surface area contributed by atoms with E-state index in [4.69, 9.17) is 9.47 Å². The summed E-state index contributed by atoms with van der Waals surface area (Å²) in [6, 6.07) is -1.18. The van der Waals surface area contributed by atoms with Crippen molar-refractivity contribution in [3.63, 3.8) is 0 Å². The minimum absolute atomic E-state index is 0.253. The highest BCUT2D eigenvalue weighted by atomic mass is 16.7. The van der Waals surface area contributed by atoms with Crippen LogP contribution < -0.4 is 5.32 Å². The lowest BCUT2D eigenvalue weighted by Gasteiger charge is -2.40. The molecule has 59 heavy (non-hydrogen) atoms. The third kappa shape index (κ3) is 28.0. The minimum atomic E-state index is -1.67. The molecule has 1 amide bonds. The molecular weight excluding hydrogens is 751 g/mol. The SMILES string of the molecule is CCCCCCCC/C=C\CCCCCCCCCCCC[C@@H](O)C(=O)N[C@@H](CO[C@@H]1O[C@H](CO)[C@@H](O)[C@H](O)[C@H]1O)[C@H](O)[C@H](O)CCC/C=C/CCCCCCCCC. The first-order chi connectivity index (χ1) is 28.7. The van der Waals surface area contributed by atoms with E-state index in [0.717, 1.165) is 38.5 Å². The van der Waals surface area contributed by atoms with Gasteiger partial charge in [-0.05, 0) is 64.2 Å². The number of unbranched alkanes of at least 4 members (excludes halogenated alkanes) is 24. The fraction of sp³-hybridized carbons (Fsp3) is 0.896. The number of carbonyl (C=O) groups is 1. The molecule has 1 heterocycles. The molecule has 1 saturated heterocycles. The first-order valence-corrected chi connectivity index (χ1v) is 24.2. The molecule has 0 saturated carbocycles. The molecule has 11 nitrogen and oxygen atoms in total. The predicted octanol–water partition coefficient (Wildman–Crippen LogP) is 8.23. The van der Waals surface area contributed by atoms with E-state index in [1.165, 1.54) is 128 Å². The van der Waals surface area contributed by atoms with E-state index in [9.17, 15) is 40.5 Å². The molecule has 0 spiro atoms. The van der Waals surface area contributed by atoms with Crippen LogP contribution in [0.2, 0.25) is 0 Å². The van der Waals surface area contributed by atoms with E-state index < -0.39 is 74.2 Å². The maximum atomic E-state index is 13.1. The number of carbonyl (C=O) groups excluding carboxylic acids is 1. The van der Waals surface area contributed by atoms with Crippen LogP contribution in [0.4, 0.5) is 0 Å². The molecule has 0 bridgehead atoms. The topological polar surface area (TPSA) is 189 Å². The van der Waals surface area contributed by atoms with Gasteiger partial charge in [0.1, 0.15) is 36.6 Å². The van der Waals surface area contributed by atoms with E-state index >= 15 is 0 Å². The Morgan fingerprint density at radius 1 is 0.576 bits per heavy atom. The van der Waals surface area contributed by atoms with Crippen LogP contribution in [-0.4, -0.2) is 110 Å².